The molecule has 0 amide bonds. The molecule has 148 valence electrons. The Morgan fingerprint density at radius 2 is 1.69 bits per heavy atom. The summed E-state index contributed by atoms with van der Waals surface area (Å²) in [6.07, 6.45) is 9.59. The van der Waals surface area contributed by atoms with E-state index >= 15 is 0 Å². The van der Waals surface area contributed by atoms with Gasteiger partial charge in [-0.2, -0.15) is 0 Å². The molecule has 0 bridgehead atoms. The molecule has 26 heavy (non-hydrogen) atoms. The number of fused-ring (bicyclic) bond motifs is 5. The normalized spacial score (nSPS) is 56.2. The number of ether oxygens (including phenoxy) is 1. The molecule has 4 aliphatic carbocycles. The van der Waals surface area contributed by atoms with Gasteiger partial charge in [-0.05, 0) is 85.4 Å². The summed E-state index contributed by atoms with van der Waals surface area (Å²) in [6, 6.07) is 0. The molecule has 10 atom stereocenters. The van der Waals surface area contributed by atoms with Gasteiger partial charge < -0.3 is 4.74 Å². The van der Waals surface area contributed by atoms with Gasteiger partial charge in [0.15, 0.2) is 0 Å². The Bertz CT molecular complexity index is 571. The number of rotatable bonds is 1. The minimum absolute atomic E-state index is 0.0869. The molecular weight excluding hydrogens is 320 g/mol. The smallest absolute Gasteiger partial charge is 0.302 e. The molecule has 2 nitrogen and oxygen atoms in total. The Labute approximate surface area is 160 Å². The summed E-state index contributed by atoms with van der Waals surface area (Å²) in [7, 11) is 0. The molecule has 0 aromatic heterocycles. The van der Waals surface area contributed by atoms with Gasteiger partial charge in [-0.25, -0.2) is 0 Å². The van der Waals surface area contributed by atoms with Crippen LogP contribution in [0.2, 0.25) is 0 Å². The summed E-state index contributed by atoms with van der Waals surface area (Å²) < 4.78 is 5.88. The van der Waals surface area contributed by atoms with Gasteiger partial charge in [-0.1, -0.05) is 41.0 Å². The van der Waals surface area contributed by atoms with Crippen molar-refractivity contribution in [3.05, 3.63) is 0 Å². The predicted octanol–water partition coefficient (Wildman–Crippen LogP) is 6.09. The van der Waals surface area contributed by atoms with E-state index in [1.165, 1.54) is 38.5 Å². The SMILES string of the molecule is CC(=O)O[C@H]1CC[C@H]2C3[C@H](C)CC4C[C@H](C)CC[C@]4(C)[C@H]3C[C@H](C)[C@]12C. The van der Waals surface area contributed by atoms with E-state index in [1.54, 1.807) is 6.92 Å². The second kappa shape index (κ2) is 6.24. The van der Waals surface area contributed by atoms with E-state index in [0.29, 0.717) is 11.3 Å². The number of carbonyl (C=O) groups excluding carboxylic acids is 1. The van der Waals surface area contributed by atoms with Crippen LogP contribution in [-0.2, 0) is 9.53 Å². The highest BCUT2D eigenvalue weighted by Gasteiger charge is 2.64. The van der Waals surface area contributed by atoms with Gasteiger partial charge in [0.1, 0.15) is 6.10 Å². The summed E-state index contributed by atoms with van der Waals surface area (Å²) in [5, 5.41) is 0. The molecule has 0 heterocycles. The molecule has 0 N–H and O–H groups in total. The quantitative estimate of drug-likeness (QED) is 0.529. The predicted molar refractivity (Wildman–Crippen MR) is 106 cm³/mol. The van der Waals surface area contributed by atoms with Gasteiger partial charge in [0.2, 0.25) is 0 Å². The zero-order valence-electron chi connectivity index (χ0n) is 17.9. The van der Waals surface area contributed by atoms with E-state index in [0.717, 1.165) is 41.9 Å². The molecule has 0 aromatic rings. The van der Waals surface area contributed by atoms with E-state index in [-0.39, 0.29) is 17.5 Å². The minimum Gasteiger partial charge on any atom is -0.462 e. The fourth-order valence-electron chi connectivity index (χ4n) is 8.54. The lowest BCUT2D eigenvalue weighted by atomic mass is 9.41. The Morgan fingerprint density at radius 1 is 0.962 bits per heavy atom. The summed E-state index contributed by atoms with van der Waals surface area (Å²) >= 11 is 0. The van der Waals surface area contributed by atoms with Gasteiger partial charge in [-0.3, -0.25) is 4.79 Å². The van der Waals surface area contributed by atoms with Crippen molar-refractivity contribution in [2.75, 3.05) is 0 Å². The van der Waals surface area contributed by atoms with Crippen molar-refractivity contribution in [1.29, 1.82) is 0 Å². The molecule has 4 fully saturated rings. The lowest BCUT2D eigenvalue weighted by molar-refractivity contribution is -0.181. The van der Waals surface area contributed by atoms with Crippen molar-refractivity contribution in [3.8, 4) is 0 Å². The van der Waals surface area contributed by atoms with Gasteiger partial charge >= 0.3 is 5.97 Å². The van der Waals surface area contributed by atoms with Crippen LogP contribution in [0.1, 0.15) is 86.5 Å². The first-order valence-corrected chi connectivity index (χ1v) is 11.3. The first kappa shape index (κ1) is 18.8. The van der Waals surface area contributed by atoms with Crippen LogP contribution in [0.3, 0.4) is 0 Å². The maximum atomic E-state index is 11.7. The molecule has 4 rings (SSSR count). The van der Waals surface area contributed by atoms with E-state index in [1.807, 2.05) is 0 Å². The van der Waals surface area contributed by atoms with Crippen LogP contribution >= 0.6 is 0 Å². The van der Waals surface area contributed by atoms with E-state index in [2.05, 4.69) is 34.6 Å². The monoisotopic (exact) mass is 360 g/mol. The summed E-state index contributed by atoms with van der Waals surface area (Å²) in [4.78, 5) is 11.7. The zero-order valence-corrected chi connectivity index (χ0v) is 17.9. The maximum Gasteiger partial charge on any atom is 0.302 e. The molecule has 0 radical (unpaired) electrons. The summed E-state index contributed by atoms with van der Waals surface area (Å²) in [5.41, 5.74) is 0.741. The third-order valence-corrected chi connectivity index (χ3v) is 10.1. The molecule has 4 saturated carbocycles. The molecule has 0 aromatic carbocycles. The number of hydrogen-bond acceptors (Lipinski definition) is 2. The highest BCUT2D eigenvalue weighted by molar-refractivity contribution is 5.66. The lowest BCUT2D eigenvalue weighted by Crippen LogP contribution is -2.59. The lowest BCUT2D eigenvalue weighted by Gasteiger charge is -2.64. The van der Waals surface area contributed by atoms with Crippen LogP contribution in [0.4, 0.5) is 0 Å². The van der Waals surface area contributed by atoms with Crippen LogP contribution in [0.15, 0.2) is 0 Å². The maximum absolute atomic E-state index is 11.7. The van der Waals surface area contributed by atoms with Crippen molar-refractivity contribution in [3.63, 3.8) is 0 Å². The van der Waals surface area contributed by atoms with Crippen molar-refractivity contribution in [2.45, 2.75) is 92.6 Å². The van der Waals surface area contributed by atoms with Gasteiger partial charge in [0.05, 0.1) is 0 Å². The summed E-state index contributed by atoms with van der Waals surface area (Å²) in [6.45, 7) is 14.2. The molecule has 0 spiro atoms. The summed E-state index contributed by atoms with van der Waals surface area (Å²) in [5.74, 6) is 5.72. The van der Waals surface area contributed by atoms with Crippen molar-refractivity contribution in [2.24, 2.45) is 52.3 Å². The topological polar surface area (TPSA) is 26.3 Å². The highest BCUT2D eigenvalue weighted by Crippen LogP contribution is 2.69. The number of esters is 1. The Kier molecular flexibility index (Phi) is 4.52. The number of carbonyl (C=O) groups is 1. The molecule has 0 aliphatic heterocycles. The third-order valence-electron chi connectivity index (χ3n) is 10.1. The second-order valence-corrected chi connectivity index (χ2v) is 11.3. The zero-order chi connectivity index (χ0) is 18.9. The molecule has 4 aliphatic rings. The molecule has 0 saturated heterocycles. The van der Waals surface area contributed by atoms with Gasteiger partial charge in [-0.15, -0.1) is 0 Å². The Balaban J connectivity index is 1.67. The Hall–Kier alpha value is -0.530. The van der Waals surface area contributed by atoms with Crippen LogP contribution < -0.4 is 0 Å². The Morgan fingerprint density at radius 3 is 2.38 bits per heavy atom. The van der Waals surface area contributed by atoms with Crippen molar-refractivity contribution in [1.82, 2.24) is 0 Å². The van der Waals surface area contributed by atoms with E-state index in [9.17, 15) is 4.79 Å². The molecular formula is C24H40O2. The fourth-order valence-corrected chi connectivity index (χ4v) is 8.54. The van der Waals surface area contributed by atoms with Crippen LogP contribution in [0.5, 0.6) is 0 Å². The van der Waals surface area contributed by atoms with Crippen LogP contribution in [0.25, 0.3) is 0 Å². The van der Waals surface area contributed by atoms with Gasteiger partial charge in [0.25, 0.3) is 0 Å². The fraction of sp³-hybridized carbons (Fsp3) is 0.958. The first-order chi connectivity index (χ1) is 12.2. The second-order valence-electron chi connectivity index (χ2n) is 11.3. The minimum atomic E-state index is -0.0869. The van der Waals surface area contributed by atoms with E-state index < -0.39 is 0 Å². The van der Waals surface area contributed by atoms with Crippen LogP contribution in [-0.4, -0.2) is 12.1 Å². The standard InChI is InChI=1S/C24H40O2/c1-14-9-10-23(5)18(11-14)12-15(2)22-19-7-8-21(26-17(4)25)24(19,6)16(3)13-20(22)23/h14-16,18-22H,7-13H2,1-6H3/t14-,15-,16+,18?,19+,20+,21+,22?,23+,24+/m1/s1. The largest absolute Gasteiger partial charge is 0.462 e. The number of hydrogen-bond donors (Lipinski definition) is 0. The average molecular weight is 361 g/mol. The van der Waals surface area contributed by atoms with Crippen LogP contribution in [0, 0.1) is 52.3 Å². The highest BCUT2D eigenvalue weighted by atomic mass is 16.5. The van der Waals surface area contributed by atoms with E-state index in [4.69, 9.17) is 4.74 Å². The molecule has 2 heteroatoms. The first-order valence-electron chi connectivity index (χ1n) is 11.3. The third kappa shape index (κ3) is 2.53. The average Bonchev–Trinajstić information content (AvgIpc) is 2.88. The molecule has 2 unspecified atom stereocenters. The van der Waals surface area contributed by atoms with Crippen molar-refractivity contribution >= 4 is 5.97 Å². The van der Waals surface area contributed by atoms with Gasteiger partial charge in [0, 0.05) is 12.3 Å². The van der Waals surface area contributed by atoms with Crippen molar-refractivity contribution < 1.29 is 9.53 Å².